The second kappa shape index (κ2) is 5.02. The first-order valence-electron chi connectivity index (χ1n) is 5.67. The molecule has 0 aliphatic carbocycles. The van der Waals surface area contributed by atoms with Gasteiger partial charge in [-0.2, -0.15) is 13.2 Å². The summed E-state index contributed by atoms with van der Waals surface area (Å²) in [5.74, 6) is -0.567. The monoisotopic (exact) mass is 292 g/mol. The molecule has 1 N–H and O–H groups in total. The topological polar surface area (TPSA) is 32.3 Å². The first-order chi connectivity index (χ1) is 8.78. The molecule has 1 saturated heterocycles. The number of rotatable bonds is 2. The third-order valence-electron chi connectivity index (χ3n) is 2.89. The van der Waals surface area contributed by atoms with Gasteiger partial charge < -0.3 is 4.90 Å². The summed E-state index contributed by atoms with van der Waals surface area (Å²) in [5, 5.41) is 3.25. The smallest absolute Gasteiger partial charge is 0.312 e. The first-order valence-corrected chi connectivity index (χ1v) is 6.04. The number of alkyl halides is 3. The normalized spacial score (nSPS) is 24.1. The first kappa shape index (κ1) is 14.1. The Morgan fingerprint density at radius 1 is 1.42 bits per heavy atom. The van der Waals surface area contributed by atoms with Crippen molar-refractivity contribution < 1.29 is 18.0 Å². The Balaban J connectivity index is 2.30. The van der Waals surface area contributed by atoms with E-state index >= 15 is 0 Å². The molecule has 0 spiro atoms. The molecule has 0 radical (unpaired) electrons. The minimum Gasteiger partial charge on any atom is -0.312 e. The highest BCUT2D eigenvalue weighted by atomic mass is 35.5. The van der Waals surface area contributed by atoms with Gasteiger partial charge >= 0.3 is 6.18 Å². The van der Waals surface area contributed by atoms with E-state index in [2.05, 4.69) is 5.32 Å². The van der Waals surface area contributed by atoms with Crippen LogP contribution in [0, 0.1) is 0 Å². The number of benzene rings is 1. The molecule has 1 heterocycles. The largest absolute Gasteiger partial charge is 0.406 e. The molecule has 2 unspecified atom stereocenters. The molecule has 3 nitrogen and oxygen atoms in total. The fourth-order valence-corrected chi connectivity index (χ4v) is 2.29. The quantitative estimate of drug-likeness (QED) is 0.909. The van der Waals surface area contributed by atoms with Gasteiger partial charge in [0.05, 0.1) is 6.04 Å². The van der Waals surface area contributed by atoms with Crippen LogP contribution >= 0.6 is 11.6 Å². The lowest BCUT2D eigenvalue weighted by molar-refractivity contribution is -0.161. The highest BCUT2D eigenvalue weighted by molar-refractivity contribution is 6.30. The number of amides is 1. The van der Waals surface area contributed by atoms with Crippen LogP contribution in [0.15, 0.2) is 24.3 Å². The van der Waals surface area contributed by atoms with Gasteiger partial charge in [0.15, 0.2) is 0 Å². The van der Waals surface area contributed by atoms with Gasteiger partial charge in [-0.3, -0.25) is 10.1 Å². The molecule has 0 saturated carbocycles. The van der Waals surface area contributed by atoms with Gasteiger partial charge in [0.25, 0.3) is 0 Å². The maximum absolute atomic E-state index is 12.5. The van der Waals surface area contributed by atoms with Crippen molar-refractivity contribution in [3.05, 3.63) is 34.9 Å². The summed E-state index contributed by atoms with van der Waals surface area (Å²) in [5.41, 5.74) is 0.537. The number of halogens is 4. The Morgan fingerprint density at radius 2 is 2.11 bits per heavy atom. The van der Waals surface area contributed by atoms with Gasteiger partial charge in [-0.1, -0.05) is 23.7 Å². The van der Waals surface area contributed by atoms with Crippen molar-refractivity contribution in [2.75, 3.05) is 6.54 Å². The molecular weight excluding hydrogens is 281 g/mol. The molecule has 104 valence electrons. The van der Waals surface area contributed by atoms with Crippen LogP contribution in [0.4, 0.5) is 13.2 Å². The molecule has 1 amide bonds. The Kier molecular flexibility index (Phi) is 3.73. The molecule has 1 aliphatic heterocycles. The Labute approximate surface area is 113 Å². The molecule has 0 aromatic heterocycles. The van der Waals surface area contributed by atoms with Crippen molar-refractivity contribution in [2.24, 2.45) is 0 Å². The van der Waals surface area contributed by atoms with Gasteiger partial charge in [0.2, 0.25) is 5.91 Å². The van der Waals surface area contributed by atoms with E-state index in [1.54, 1.807) is 24.3 Å². The molecule has 1 aromatic carbocycles. The van der Waals surface area contributed by atoms with Crippen molar-refractivity contribution in [2.45, 2.75) is 25.3 Å². The number of carbonyl (C=O) groups excluding carboxylic acids is 1. The summed E-state index contributed by atoms with van der Waals surface area (Å²) in [6, 6.07) is 5.80. The van der Waals surface area contributed by atoms with E-state index in [9.17, 15) is 18.0 Å². The summed E-state index contributed by atoms with van der Waals surface area (Å²) in [4.78, 5) is 12.6. The predicted molar refractivity (Wildman–Crippen MR) is 64.6 cm³/mol. The van der Waals surface area contributed by atoms with Crippen LogP contribution in [0.5, 0.6) is 0 Å². The summed E-state index contributed by atoms with van der Waals surface area (Å²) in [6.07, 6.45) is -5.24. The second-order valence-corrected chi connectivity index (χ2v) is 4.86. The Morgan fingerprint density at radius 3 is 2.68 bits per heavy atom. The molecule has 2 rings (SSSR count). The molecule has 1 fully saturated rings. The van der Waals surface area contributed by atoms with Crippen LogP contribution in [-0.4, -0.2) is 29.6 Å². The third kappa shape index (κ3) is 3.19. The van der Waals surface area contributed by atoms with E-state index in [1.807, 2.05) is 0 Å². The lowest BCUT2D eigenvalue weighted by Gasteiger charge is -2.25. The summed E-state index contributed by atoms with van der Waals surface area (Å²) < 4.78 is 37.6. The third-order valence-corrected chi connectivity index (χ3v) is 3.12. The van der Waals surface area contributed by atoms with E-state index < -0.39 is 30.8 Å². The Hall–Kier alpha value is -1.27. The molecule has 7 heteroatoms. The lowest BCUT2D eigenvalue weighted by atomic mass is 10.1. The van der Waals surface area contributed by atoms with Gasteiger partial charge in [0, 0.05) is 5.02 Å². The highest BCUT2D eigenvalue weighted by Crippen LogP contribution is 2.30. The van der Waals surface area contributed by atoms with E-state index in [4.69, 9.17) is 11.6 Å². The van der Waals surface area contributed by atoms with Crippen molar-refractivity contribution in [1.29, 1.82) is 0 Å². The molecule has 0 bridgehead atoms. The number of nitrogens with one attached hydrogen (secondary N) is 1. The lowest BCUT2D eigenvalue weighted by Crippen LogP contribution is -2.38. The fraction of sp³-hybridized carbons (Fsp3) is 0.417. The summed E-state index contributed by atoms with van der Waals surface area (Å²) in [6.45, 7) is 0.261. The zero-order valence-corrected chi connectivity index (χ0v) is 10.8. The average molecular weight is 293 g/mol. The van der Waals surface area contributed by atoms with Crippen molar-refractivity contribution in [3.8, 4) is 0 Å². The molecule has 1 aliphatic rings. The van der Waals surface area contributed by atoms with E-state index in [-0.39, 0.29) is 0 Å². The molecule has 19 heavy (non-hydrogen) atoms. The maximum Gasteiger partial charge on any atom is 0.406 e. The minimum atomic E-state index is -4.43. The number of carbonyl (C=O) groups is 1. The SMILES string of the molecule is CC1NC(c2cccc(Cl)c2)N(CC(F)(F)F)C1=O. The minimum absolute atomic E-state index is 0.415. The van der Waals surface area contributed by atoms with Crippen molar-refractivity contribution in [1.82, 2.24) is 10.2 Å². The second-order valence-electron chi connectivity index (χ2n) is 4.43. The predicted octanol–water partition coefficient (Wildman–Crippen LogP) is 2.72. The number of hydrogen-bond donors (Lipinski definition) is 1. The van der Waals surface area contributed by atoms with E-state index in [0.717, 1.165) is 4.90 Å². The van der Waals surface area contributed by atoms with Crippen LogP contribution < -0.4 is 5.32 Å². The van der Waals surface area contributed by atoms with Gasteiger partial charge in [-0.15, -0.1) is 0 Å². The van der Waals surface area contributed by atoms with Gasteiger partial charge in [-0.05, 0) is 24.6 Å². The van der Waals surface area contributed by atoms with Gasteiger partial charge in [-0.25, -0.2) is 0 Å². The van der Waals surface area contributed by atoms with Crippen molar-refractivity contribution in [3.63, 3.8) is 0 Å². The van der Waals surface area contributed by atoms with Crippen LogP contribution in [0.1, 0.15) is 18.7 Å². The summed E-state index contributed by atoms with van der Waals surface area (Å²) in [7, 11) is 0. The number of hydrogen-bond acceptors (Lipinski definition) is 2. The zero-order chi connectivity index (χ0) is 14.2. The molecular formula is C12H12ClF3N2O. The Bertz CT molecular complexity index is 492. The van der Waals surface area contributed by atoms with Crippen LogP contribution in [0.3, 0.4) is 0 Å². The molecule has 1 aromatic rings. The van der Waals surface area contributed by atoms with E-state index in [1.165, 1.54) is 6.92 Å². The highest BCUT2D eigenvalue weighted by Gasteiger charge is 2.43. The average Bonchev–Trinajstić information content (AvgIpc) is 2.55. The van der Waals surface area contributed by atoms with E-state index in [0.29, 0.717) is 10.6 Å². The van der Waals surface area contributed by atoms with Gasteiger partial charge in [0.1, 0.15) is 12.7 Å². The number of nitrogens with zero attached hydrogens (tertiary/aromatic N) is 1. The van der Waals surface area contributed by atoms with Crippen molar-refractivity contribution >= 4 is 17.5 Å². The van der Waals surface area contributed by atoms with Crippen LogP contribution in [0.25, 0.3) is 0 Å². The van der Waals surface area contributed by atoms with Crippen LogP contribution in [0.2, 0.25) is 5.02 Å². The summed E-state index contributed by atoms with van der Waals surface area (Å²) >= 11 is 5.82. The van der Waals surface area contributed by atoms with Crippen LogP contribution in [-0.2, 0) is 4.79 Å². The standard InChI is InChI=1S/C12H12ClF3N2O/c1-7-11(19)18(6-12(14,15)16)10(17-7)8-3-2-4-9(13)5-8/h2-5,7,10,17H,6H2,1H3. The molecule has 2 atom stereocenters. The fourth-order valence-electron chi connectivity index (χ4n) is 2.09. The maximum atomic E-state index is 12.5. The zero-order valence-electron chi connectivity index (χ0n) is 10.0.